The summed E-state index contributed by atoms with van der Waals surface area (Å²) in [4.78, 5) is 0. The largest absolute Gasteiger partial charge is 0.488 e. The van der Waals surface area contributed by atoms with Gasteiger partial charge in [-0.1, -0.05) is 30.7 Å². The number of ether oxygens (including phenoxy) is 1. The minimum absolute atomic E-state index is 0.232. The van der Waals surface area contributed by atoms with Gasteiger partial charge in [-0.2, -0.15) is 0 Å². The Morgan fingerprint density at radius 1 is 1.41 bits per heavy atom. The van der Waals surface area contributed by atoms with Crippen LogP contribution < -0.4 is 9.46 Å². The minimum atomic E-state index is -3.19. The third-order valence-electron chi connectivity index (χ3n) is 2.16. The summed E-state index contributed by atoms with van der Waals surface area (Å²) in [6.07, 6.45) is 1.58. The first-order valence-electron chi connectivity index (χ1n) is 5.28. The molecule has 0 spiro atoms. The molecule has 1 aromatic carbocycles. The maximum absolute atomic E-state index is 11.0. The molecule has 0 aliphatic heterocycles. The molecule has 1 aromatic rings. The lowest BCUT2D eigenvalue weighted by atomic mass is 10.2. The number of sulfonamides is 1. The Labute approximate surface area is 107 Å². The van der Waals surface area contributed by atoms with Crippen molar-refractivity contribution in [3.8, 4) is 5.75 Å². The molecule has 6 heteroatoms. The van der Waals surface area contributed by atoms with E-state index in [0.29, 0.717) is 17.2 Å². The van der Waals surface area contributed by atoms with Crippen LogP contribution in [-0.2, 0) is 10.0 Å². The maximum atomic E-state index is 11.0. The van der Waals surface area contributed by atoms with E-state index in [-0.39, 0.29) is 12.6 Å². The zero-order valence-electron chi connectivity index (χ0n) is 9.81. The van der Waals surface area contributed by atoms with Crippen molar-refractivity contribution < 1.29 is 13.2 Å². The summed E-state index contributed by atoms with van der Waals surface area (Å²) in [6, 6.07) is 7.11. The SMILES string of the molecule is CC[C@H](CNS(C)(=O)=O)Oc1ccccc1Cl. The number of rotatable bonds is 6. The zero-order valence-corrected chi connectivity index (χ0v) is 11.4. The first-order valence-corrected chi connectivity index (χ1v) is 7.55. The van der Waals surface area contributed by atoms with Gasteiger partial charge in [-0.25, -0.2) is 13.1 Å². The molecule has 0 saturated carbocycles. The van der Waals surface area contributed by atoms with Crippen LogP contribution in [0.3, 0.4) is 0 Å². The van der Waals surface area contributed by atoms with Gasteiger partial charge in [0.05, 0.1) is 11.3 Å². The van der Waals surface area contributed by atoms with Gasteiger partial charge in [0.25, 0.3) is 0 Å². The molecule has 0 unspecified atom stereocenters. The molecule has 0 aliphatic rings. The van der Waals surface area contributed by atoms with E-state index in [1.165, 1.54) is 0 Å². The fraction of sp³-hybridized carbons (Fsp3) is 0.455. The van der Waals surface area contributed by atoms with Crippen molar-refractivity contribution in [1.82, 2.24) is 4.72 Å². The van der Waals surface area contributed by atoms with E-state index in [9.17, 15) is 8.42 Å². The predicted molar refractivity (Wildman–Crippen MR) is 69.0 cm³/mol. The molecule has 0 saturated heterocycles. The number of para-hydroxylation sites is 1. The summed E-state index contributed by atoms with van der Waals surface area (Å²) < 4.78 is 30.0. The average molecular weight is 278 g/mol. The normalized spacial score (nSPS) is 13.4. The summed E-state index contributed by atoms with van der Waals surface area (Å²) >= 11 is 5.95. The Morgan fingerprint density at radius 2 is 2.06 bits per heavy atom. The van der Waals surface area contributed by atoms with Gasteiger partial charge in [-0.15, -0.1) is 0 Å². The Kier molecular flexibility index (Phi) is 5.24. The highest BCUT2D eigenvalue weighted by Gasteiger charge is 2.12. The summed E-state index contributed by atoms with van der Waals surface area (Å²) in [6.45, 7) is 2.16. The number of benzene rings is 1. The highest BCUT2D eigenvalue weighted by molar-refractivity contribution is 7.88. The van der Waals surface area contributed by atoms with E-state index < -0.39 is 10.0 Å². The zero-order chi connectivity index (χ0) is 12.9. The lowest BCUT2D eigenvalue weighted by molar-refractivity contribution is 0.201. The minimum Gasteiger partial charge on any atom is -0.488 e. The molecule has 4 nitrogen and oxygen atoms in total. The molecule has 0 heterocycles. The topological polar surface area (TPSA) is 55.4 Å². The first-order chi connectivity index (χ1) is 7.92. The third kappa shape index (κ3) is 5.39. The monoisotopic (exact) mass is 277 g/mol. The second-order valence-corrected chi connectivity index (χ2v) is 5.94. The van der Waals surface area contributed by atoms with Crippen molar-refractivity contribution in [2.75, 3.05) is 12.8 Å². The molecule has 0 amide bonds. The fourth-order valence-electron chi connectivity index (χ4n) is 1.23. The van der Waals surface area contributed by atoms with Crippen molar-refractivity contribution in [2.45, 2.75) is 19.4 Å². The van der Waals surface area contributed by atoms with Crippen LogP contribution >= 0.6 is 11.6 Å². The molecule has 0 aliphatic carbocycles. The van der Waals surface area contributed by atoms with E-state index in [4.69, 9.17) is 16.3 Å². The van der Waals surface area contributed by atoms with Crippen molar-refractivity contribution >= 4 is 21.6 Å². The molecule has 17 heavy (non-hydrogen) atoms. The van der Waals surface area contributed by atoms with Crippen LogP contribution in [0.4, 0.5) is 0 Å². The van der Waals surface area contributed by atoms with Gasteiger partial charge < -0.3 is 4.74 Å². The van der Waals surface area contributed by atoms with Gasteiger partial charge in [0.2, 0.25) is 10.0 Å². The number of nitrogens with one attached hydrogen (secondary N) is 1. The molecule has 0 fully saturated rings. The van der Waals surface area contributed by atoms with Crippen LogP contribution in [0.1, 0.15) is 13.3 Å². The van der Waals surface area contributed by atoms with Gasteiger partial charge >= 0.3 is 0 Å². The van der Waals surface area contributed by atoms with Crippen LogP contribution in [0, 0.1) is 0 Å². The van der Waals surface area contributed by atoms with Crippen molar-refractivity contribution in [3.05, 3.63) is 29.3 Å². The van der Waals surface area contributed by atoms with E-state index in [1.807, 2.05) is 19.1 Å². The number of hydrogen-bond donors (Lipinski definition) is 1. The Morgan fingerprint density at radius 3 is 2.59 bits per heavy atom. The third-order valence-corrected chi connectivity index (χ3v) is 3.16. The molecule has 96 valence electrons. The fourth-order valence-corrected chi connectivity index (χ4v) is 1.90. The Balaban J connectivity index is 2.61. The van der Waals surface area contributed by atoms with E-state index >= 15 is 0 Å². The van der Waals surface area contributed by atoms with Gasteiger partial charge in [-0.05, 0) is 18.6 Å². The molecule has 0 radical (unpaired) electrons. The van der Waals surface area contributed by atoms with Gasteiger partial charge in [-0.3, -0.25) is 0 Å². The highest BCUT2D eigenvalue weighted by Crippen LogP contribution is 2.24. The first kappa shape index (κ1) is 14.3. The molecular weight excluding hydrogens is 262 g/mol. The second-order valence-electron chi connectivity index (χ2n) is 3.70. The summed E-state index contributed by atoms with van der Waals surface area (Å²) in [5.41, 5.74) is 0. The van der Waals surface area contributed by atoms with Gasteiger partial charge in [0, 0.05) is 6.54 Å². The molecular formula is C11H16ClNO3S. The maximum Gasteiger partial charge on any atom is 0.208 e. The van der Waals surface area contributed by atoms with E-state index in [2.05, 4.69) is 4.72 Å². The van der Waals surface area contributed by atoms with Crippen LogP contribution in [0.15, 0.2) is 24.3 Å². The predicted octanol–water partition coefficient (Wildman–Crippen LogP) is 2.05. The summed E-state index contributed by atoms with van der Waals surface area (Å²) in [5.74, 6) is 0.566. The number of hydrogen-bond acceptors (Lipinski definition) is 3. The van der Waals surface area contributed by atoms with Gasteiger partial charge in [0.15, 0.2) is 0 Å². The smallest absolute Gasteiger partial charge is 0.208 e. The van der Waals surface area contributed by atoms with Crippen LogP contribution in [-0.4, -0.2) is 27.3 Å². The molecule has 1 N–H and O–H groups in total. The summed E-state index contributed by atoms with van der Waals surface area (Å²) in [7, 11) is -3.19. The second kappa shape index (κ2) is 6.23. The van der Waals surface area contributed by atoms with Crippen molar-refractivity contribution in [1.29, 1.82) is 0 Å². The lowest BCUT2D eigenvalue weighted by Crippen LogP contribution is -2.34. The van der Waals surface area contributed by atoms with Crippen LogP contribution in [0.5, 0.6) is 5.75 Å². The molecule has 1 rings (SSSR count). The molecule has 1 atom stereocenters. The highest BCUT2D eigenvalue weighted by atomic mass is 35.5. The van der Waals surface area contributed by atoms with Crippen LogP contribution in [0.2, 0.25) is 5.02 Å². The molecule has 0 bridgehead atoms. The van der Waals surface area contributed by atoms with E-state index in [0.717, 1.165) is 6.26 Å². The lowest BCUT2D eigenvalue weighted by Gasteiger charge is -2.18. The Hall–Kier alpha value is -0.780. The van der Waals surface area contributed by atoms with Crippen molar-refractivity contribution in [3.63, 3.8) is 0 Å². The Bertz CT molecular complexity index is 462. The standard InChI is InChI=1S/C11H16ClNO3S/c1-3-9(8-13-17(2,14)15)16-11-7-5-4-6-10(11)12/h4-7,9,13H,3,8H2,1-2H3/t9-/m1/s1. The van der Waals surface area contributed by atoms with Crippen LogP contribution in [0.25, 0.3) is 0 Å². The van der Waals surface area contributed by atoms with E-state index in [1.54, 1.807) is 12.1 Å². The summed E-state index contributed by atoms with van der Waals surface area (Å²) in [5, 5.41) is 0.519. The quantitative estimate of drug-likeness (QED) is 0.866. The average Bonchev–Trinajstić information content (AvgIpc) is 2.25. The van der Waals surface area contributed by atoms with Crippen molar-refractivity contribution in [2.24, 2.45) is 0 Å². The molecule has 0 aromatic heterocycles. The van der Waals surface area contributed by atoms with Gasteiger partial charge in [0.1, 0.15) is 11.9 Å². The number of halogens is 1.